The van der Waals surface area contributed by atoms with Crippen molar-refractivity contribution in [2.75, 3.05) is 11.6 Å². The van der Waals surface area contributed by atoms with E-state index in [0.29, 0.717) is 11.6 Å². The number of aromatic hydroxyl groups is 1. The normalized spacial score (nSPS) is 20.5. The molecule has 1 saturated carbocycles. The summed E-state index contributed by atoms with van der Waals surface area (Å²) in [7, 11) is -3.56. The van der Waals surface area contributed by atoms with Crippen LogP contribution >= 0.6 is 0 Å². The molecule has 1 fully saturated rings. The summed E-state index contributed by atoms with van der Waals surface area (Å²) < 4.78 is 23.4. The molecule has 0 radical (unpaired) electrons. The van der Waals surface area contributed by atoms with Gasteiger partial charge in [0, 0.05) is 17.9 Å². The van der Waals surface area contributed by atoms with Crippen LogP contribution in [0.15, 0.2) is 53.4 Å². The van der Waals surface area contributed by atoms with E-state index in [1.54, 1.807) is 0 Å². The van der Waals surface area contributed by atoms with E-state index in [2.05, 4.69) is 17.4 Å². The molecule has 0 aliphatic heterocycles. The van der Waals surface area contributed by atoms with Crippen molar-refractivity contribution in [3.05, 3.63) is 54.1 Å². The Kier molecular flexibility index (Phi) is 5.32. The van der Waals surface area contributed by atoms with Crippen molar-refractivity contribution in [3.63, 3.8) is 0 Å². The van der Waals surface area contributed by atoms with Gasteiger partial charge in [-0.3, -0.25) is 4.79 Å². The Labute approximate surface area is 154 Å². The Morgan fingerprint density at radius 3 is 2.31 bits per heavy atom. The molecule has 0 heterocycles. The van der Waals surface area contributed by atoms with E-state index >= 15 is 0 Å². The summed E-state index contributed by atoms with van der Waals surface area (Å²) in [4.78, 5) is 12.4. The molecule has 5 nitrogen and oxygen atoms in total. The first-order valence-electron chi connectivity index (χ1n) is 8.73. The second-order valence-corrected chi connectivity index (χ2v) is 8.89. The summed E-state index contributed by atoms with van der Waals surface area (Å²) in [6.07, 6.45) is 4.57. The lowest BCUT2D eigenvalue weighted by Crippen LogP contribution is -2.26. The Morgan fingerprint density at radius 2 is 1.69 bits per heavy atom. The summed E-state index contributed by atoms with van der Waals surface area (Å²) in [6, 6.07) is 14.5. The molecule has 0 aromatic heterocycles. The zero-order valence-corrected chi connectivity index (χ0v) is 15.5. The predicted molar refractivity (Wildman–Crippen MR) is 101 cm³/mol. The molecule has 2 aromatic carbocycles. The fraction of sp³-hybridized carbons (Fsp3) is 0.350. The van der Waals surface area contributed by atoms with Crippen molar-refractivity contribution in [2.24, 2.45) is 5.92 Å². The van der Waals surface area contributed by atoms with E-state index in [0.717, 1.165) is 31.9 Å². The maximum absolute atomic E-state index is 12.5. The summed E-state index contributed by atoms with van der Waals surface area (Å²) in [5.74, 6) is 0.00623. The van der Waals surface area contributed by atoms with Crippen LogP contribution in [0.2, 0.25) is 0 Å². The predicted octanol–water partition coefficient (Wildman–Crippen LogP) is 3.71. The Bertz CT molecular complexity index is 885. The van der Waals surface area contributed by atoms with Gasteiger partial charge in [0.15, 0.2) is 9.84 Å². The minimum atomic E-state index is -3.56. The third-order valence-corrected chi connectivity index (χ3v) is 6.12. The van der Waals surface area contributed by atoms with Crippen molar-refractivity contribution >= 4 is 21.4 Å². The van der Waals surface area contributed by atoms with Gasteiger partial charge in [-0.05, 0) is 55.4 Å². The lowest BCUT2D eigenvalue weighted by Gasteiger charge is -2.28. The summed E-state index contributed by atoms with van der Waals surface area (Å²) >= 11 is 0. The second kappa shape index (κ2) is 7.50. The number of hydrogen-bond donors (Lipinski definition) is 2. The van der Waals surface area contributed by atoms with E-state index in [9.17, 15) is 18.3 Å². The van der Waals surface area contributed by atoms with E-state index in [1.165, 1.54) is 23.8 Å². The van der Waals surface area contributed by atoms with Gasteiger partial charge < -0.3 is 10.4 Å². The van der Waals surface area contributed by atoms with Crippen LogP contribution in [0, 0.1) is 5.92 Å². The van der Waals surface area contributed by atoms with E-state index in [1.807, 2.05) is 18.2 Å². The number of nitrogens with one attached hydrogen (secondary N) is 1. The van der Waals surface area contributed by atoms with Crippen LogP contribution in [-0.2, 0) is 14.6 Å². The fourth-order valence-electron chi connectivity index (χ4n) is 3.55. The molecule has 26 heavy (non-hydrogen) atoms. The monoisotopic (exact) mass is 373 g/mol. The summed E-state index contributed by atoms with van der Waals surface area (Å²) in [5, 5.41) is 12.5. The standard InChI is InChI=1S/C20H23NO4S/c1-26(24,25)19-13-17(11-12-18(19)22)21-20(23)16-9-7-15(8-10-16)14-5-3-2-4-6-14/h2-6,11-13,15-16,22H,7-10H2,1H3,(H,21,23)/t15-,16-. The number of carbonyl (C=O) groups is 1. The molecular formula is C20H23NO4S. The Hall–Kier alpha value is -2.34. The molecule has 3 rings (SSSR count). The van der Waals surface area contributed by atoms with Crippen molar-refractivity contribution < 1.29 is 18.3 Å². The van der Waals surface area contributed by atoms with Crippen LogP contribution in [0.25, 0.3) is 0 Å². The van der Waals surface area contributed by atoms with Crippen LogP contribution in [-0.4, -0.2) is 25.7 Å². The van der Waals surface area contributed by atoms with Crippen molar-refractivity contribution in [3.8, 4) is 5.75 Å². The number of carbonyl (C=O) groups excluding carboxylic acids is 1. The topological polar surface area (TPSA) is 83.5 Å². The number of anilines is 1. The zero-order chi connectivity index (χ0) is 18.7. The molecule has 1 aliphatic rings. The SMILES string of the molecule is CS(=O)(=O)c1cc(NC(=O)[C@H]2CC[C@H](c3ccccc3)CC2)ccc1O. The summed E-state index contributed by atoms with van der Waals surface area (Å²) in [5.41, 5.74) is 1.71. The van der Waals surface area contributed by atoms with Gasteiger partial charge in [0.25, 0.3) is 0 Å². The maximum Gasteiger partial charge on any atom is 0.227 e. The number of sulfone groups is 1. The van der Waals surface area contributed by atoms with E-state index < -0.39 is 9.84 Å². The van der Waals surface area contributed by atoms with Gasteiger partial charge in [0.1, 0.15) is 10.6 Å². The molecule has 6 heteroatoms. The van der Waals surface area contributed by atoms with Crippen molar-refractivity contribution in [1.82, 2.24) is 0 Å². The molecule has 2 N–H and O–H groups in total. The van der Waals surface area contributed by atoms with Gasteiger partial charge in [0.05, 0.1) is 0 Å². The molecule has 0 bridgehead atoms. The molecule has 1 amide bonds. The molecule has 0 spiro atoms. The molecule has 0 saturated heterocycles. The highest BCUT2D eigenvalue weighted by atomic mass is 32.2. The number of rotatable bonds is 4. The molecule has 0 unspecified atom stereocenters. The highest BCUT2D eigenvalue weighted by Gasteiger charge is 2.27. The quantitative estimate of drug-likeness (QED) is 0.800. The van der Waals surface area contributed by atoms with Gasteiger partial charge in [-0.2, -0.15) is 0 Å². The second-order valence-electron chi connectivity index (χ2n) is 6.90. The lowest BCUT2D eigenvalue weighted by molar-refractivity contribution is -0.120. The zero-order valence-electron chi connectivity index (χ0n) is 14.7. The van der Waals surface area contributed by atoms with E-state index in [-0.39, 0.29) is 22.5 Å². The van der Waals surface area contributed by atoms with Gasteiger partial charge >= 0.3 is 0 Å². The van der Waals surface area contributed by atoms with Crippen LogP contribution in [0.4, 0.5) is 5.69 Å². The first-order chi connectivity index (χ1) is 12.3. The first-order valence-corrected chi connectivity index (χ1v) is 10.6. The molecule has 138 valence electrons. The van der Waals surface area contributed by atoms with Gasteiger partial charge in [-0.25, -0.2) is 8.42 Å². The fourth-order valence-corrected chi connectivity index (χ4v) is 4.34. The van der Waals surface area contributed by atoms with Crippen LogP contribution in [0.5, 0.6) is 5.75 Å². The number of amides is 1. The van der Waals surface area contributed by atoms with Crippen LogP contribution < -0.4 is 5.32 Å². The molecular weight excluding hydrogens is 350 g/mol. The molecule has 2 aromatic rings. The number of phenolic OH excluding ortho intramolecular Hbond substituents is 1. The highest BCUT2D eigenvalue weighted by Crippen LogP contribution is 2.36. The van der Waals surface area contributed by atoms with Gasteiger partial charge in [0.2, 0.25) is 5.91 Å². The minimum Gasteiger partial charge on any atom is -0.507 e. The average molecular weight is 373 g/mol. The van der Waals surface area contributed by atoms with Gasteiger partial charge in [-0.15, -0.1) is 0 Å². The smallest absolute Gasteiger partial charge is 0.227 e. The van der Waals surface area contributed by atoms with E-state index in [4.69, 9.17) is 0 Å². The highest BCUT2D eigenvalue weighted by molar-refractivity contribution is 7.90. The Morgan fingerprint density at radius 1 is 1.04 bits per heavy atom. The number of benzene rings is 2. The van der Waals surface area contributed by atoms with Crippen LogP contribution in [0.1, 0.15) is 37.2 Å². The van der Waals surface area contributed by atoms with Crippen LogP contribution in [0.3, 0.4) is 0 Å². The van der Waals surface area contributed by atoms with Gasteiger partial charge in [-0.1, -0.05) is 30.3 Å². The lowest BCUT2D eigenvalue weighted by atomic mass is 9.78. The molecule has 0 atom stereocenters. The largest absolute Gasteiger partial charge is 0.507 e. The number of phenols is 1. The molecule has 1 aliphatic carbocycles. The number of hydrogen-bond acceptors (Lipinski definition) is 4. The Balaban J connectivity index is 1.63. The third-order valence-electron chi connectivity index (χ3n) is 5.00. The average Bonchev–Trinajstić information content (AvgIpc) is 2.63. The summed E-state index contributed by atoms with van der Waals surface area (Å²) in [6.45, 7) is 0. The maximum atomic E-state index is 12.5. The minimum absolute atomic E-state index is 0.0783. The third kappa shape index (κ3) is 4.25. The first kappa shape index (κ1) is 18.5. The van der Waals surface area contributed by atoms with Crippen molar-refractivity contribution in [1.29, 1.82) is 0 Å². The van der Waals surface area contributed by atoms with Crippen molar-refractivity contribution in [2.45, 2.75) is 36.5 Å².